The van der Waals surface area contributed by atoms with E-state index in [9.17, 15) is 9.59 Å². The number of aldehydes is 1. The molecule has 0 bridgehead atoms. The van der Waals surface area contributed by atoms with E-state index in [0.717, 1.165) is 22.6 Å². The predicted molar refractivity (Wildman–Crippen MR) is 69.7 cm³/mol. The van der Waals surface area contributed by atoms with Crippen LogP contribution in [-0.2, 0) is 9.59 Å². The molecular weight excluding hydrogens is 228 g/mol. The molecule has 0 aliphatic heterocycles. The molecule has 0 aliphatic rings. The van der Waals surface area contributed by atoms with Crippen LogP contribution in [0.25, 0.3) is 10.8 Å². The van der Waals surface area contributed by atoms with Gasteiger partial charge in [0.25, 0.3) is 0 Å². The average molecular weight is 242 g/mol. The second-order valence-electron chi connectivity index (χ2n) is 4.29. The van der Waals surface area contributed by atoms with Gasteiger partial charge in [-0.15, -0.1) is 0 Å². The maximum atomic E-state index is 10.9. The summed E-state index contributed by atoms with van der Waals surface area (Å²) in [6, 6.07) is 11.3. The number of hydrogen-bond acceptors (Lipinski definition) is 3. The Morgan fingerprint density at radius 1 is 1.17 bits per heavy atom. The van der Waals surface area contributed by atoms with Crippen molar-refractivity contribution >= 4 is 23.0 Å². The molecule has 0 amide bonds. The molecule has 2 aromatic carbocycles. The molecule has 2 aromatic rings. The third-order valence-electron chi connectivity index (χ3n) is 2.83. The van der Waals surface area contributed by atoms with Crippen LogP contribution < -0.4 is 4.74 Å². The van der Waals surface area contributed by atoms with Crippen LogP contribution in [0.3, 0.4) is 0 Å². The second kappa shape index (κ2) is 5.00. The third kappa shape index (κ3) is 2.56. The smallest absolute Gasteiger partial charge is 0.308 e. The van der Waals surface area contributed by atoms with E-state index < -0.39 is 0 Å². The standard InChI is InChI=1S/C15H14O3/c1-10(9-16)12-3-4-14-8-15(18-11(2)17)6-5-13(14)7-12/h3-10H,1-2H3. The third-order valence-corrected chi connectivity index (χ3v) is 2.83. The molecule has 0 fully saturated rings. The van der Waals surface area contributed by atoms with Gasteiger partial charge in [-0.2, -0.15) is 0 Å². The molecule has 0 spiro atoms. The molecule has 0 aliphatic carbocycles. The summed E-state index contributed by atoms with van der Waals surface area (Å²) in [5.41, 5.74) is 0.984. The van der Waals surface area contributed by atoms with Crippen molar-refractivity contribution in [2.75, 3.05) is 0 Å². The number of rotatable bonds is 3. The van der Waals surface area contributed by atoms with E-state index in [-0.39, 0.29) is 11.9 Å². The summed E-state index contributed by atoms with van der Waals surface area (Å²) in [6.07, 6.45) is 0.925. The van der Waals surface area contributed by atoms with Crippen molar-refractivity contribution in [2.45, 2.75) is 19.8 Å². The molecular formula is C15H14O3. The van der Waals surface area contributed by atoms with Gasteiger partial charge in [-0.25, -0.2) is 0 Å². The summed E-state index contributed by atoms with van der Waals surface area (Å²) >= 11 is 0. The van der Waals surface area contributed by atoms with Crippen LogP contribution in [0.5, 0.6) is 5.75 Å². The Labute approximate surface area is 105 Å². The van der Waals surface area contributed by atoms with E-state index in [1.165, 1.54) is 6.92 Å². The summed E-state index contributed by atoms with van der Waals surface area (Å²) in [5.74, 6) is 0.0919. The van der Waals surface area contributed by atoms with Gasteiger partial charge >= 0.3 is 5.97 Å². The van der Waals surface area contributed by atoms with Crippen molar-refractivity contribution in [3.8, 4) is 5.75 Å². The monoisotopic (exact) mass is 242 g/mol. The van der Waals surface area contributed by atoms with Crippen LogP contribution in [0.1, 0.15) is 25.3 Å². The second-order valence-corrected chi connectivity index (χ2v) is 4.29. The Kier molecular flexibility index (Phi) is 3.42. The lowest BCUT2D eigenvalue weighted by atomic mass is 9.99. The van der Waals surface area contributed by atoms with Crippen LogP contribution in [0, 0.1) is 0 Å². The first-order chi connectivity index (χ1) is 8.60. The number of carbonyl (C=O) groups excluding carboxylic acids is 2. The first-order valence-corrected chi connectivity index (χ1v) is 5.77. The van der Waals surface area contributed by atoms with E-state index in [0.29, 0.717) is 5.75 Å². The summed E-state index contributed by atoms with van der Waals surface area (Å²) < 4.78 is 5.03. The molecule has 2 rings (SSSR count). The molecule has 0 saturated carbocycles. The fourth-order valence-corrected chi connectivity index (χ4v) is 1.83. The number of hydrogen-bond donors (Lipinski definition) is 0. The minimum atomic E-state index is -0.333. The number of esters is 1. The molecule has 0 aromatic heterocycles. The van der Waals surface area contributed by atoms with E-state index in [1.807, 2.05) is 37.3 Å². The number of carbonyl (C=O) groups is 2. The van der Waals surface area contributed by atoms with Crippen molar-refractivity contribution in [2.24, 2.45) is 0 Å². The largest absolute Gasteiger partial charge is 0.427 e. The van der Waals surface area contributed by atoms with Gasteiger partial charge in [-0.1, -0.05) is 31.2 Å². The van der Waals surface area contributed by atoms with Gasteiger partial charge in [0, 0.05) is 12.8 Å². The Morgan fingerprint density at radius 3 is 2.50 bits per heavy atom. The fourth-order valence-electron chi connectivity index (χ4n) is 1.83. The highest BCUT2D eigenvalue weighted by Crippen LogP contribution is 2.24. The SMILES string of the molecule is CC(=O)Oc1ccc2cc(C(C)C=O)ccc2c1. The molecule has 0 saturated heterocycles. The van der Waals surface area contributed by atoms with E-state index in [2.05, 4.69) is 0 Å². The van der Waals surface area contributed by atoms with Crippen molar-refractivity contribution in [1.82, 2.24) is 0 Å². The van der Waals surface area contributed by atoms with Gasteiger partial charge in [-0.3, -0.25) is 4.79 Å². The highest BCUT2D eigenvalue weighted by atomic mass is 16.5. The van der Waals surface area contributed by atoms with Crippen molar-refractivity contribution in [3.63, 3.8) is 0 Å². The molecule has 0 heterocycles. The molecule has 18 heavy (non-hydrogen) atoms. The molecule has 3 heteroatoms. The highest BCUT2D eigenvalue weighted by molar-refractivity contribution is 5.86. The zero-order valence-electron chi connectivity index (χ0n) is 10.3. The van der Waals surface area contributed by atoms with Crippen LogP contribution in [0.4, 0.5) is 0 Å². The van der Waals surface area contributed by atoms with Crippen molar-refractivity contribution in [1.29, 1.82) is 0 Å². The lowest BCUT2D eigenvalue weighted by Gasteiger charge is -2.07. The first kappa shape index (κ1) is 12.3. The first-order valence-electron chi connectivity index (χ1n) is 5.77. The van der Waals surface area contributed by atoms with Crippen LogP contribution in [-0.4, -0.2) is 12.3 Å². The maximum absolute atomic E-state index is 10.9. The molecule has 0 N–H and O–H groups in total. The number of benzene rings is 2. The van der Waals surface area contributed by atoms with E-state index in [1.54, 1.807) is 6.07 Å². The van der Waals surface area contributed by atoms with Crippen molar-refractivity contribution < 1.29 is 14.3 Å². The molecule has 1 atom stereocenters. The Morgan fingerprint density at radius 2 is 1.83 bits per heavy atom. The topological polar surface area (TPSA) is 43.4 Å². The fraction of sp³-hybridized carbons (Fsp3) is 0.200. The van der Waals surface area contributed by atoms with Gasteiger partial charge in [0.05, 0.1) is 0 Å². The van der Waals surface area contributed by atoms with Gasteiger partial charge in [0.15, 0.2) is 0 Å². The quantitative estimate of drug-likeness (QED) is 0.472. The molecule has 92 valence electrons. The number of fused-ring (bicyclic) bond motifs is 1. The van der Waals surface area contributed by atoms with Crippen LogP contribution in [0.15, 0.2) is 36.4 Å². The van der Waals surface area contributed by atoms with E-state index >= 15 is 0 Å². The van der Waals surface area contributed by atoms with Crippen LogP contribution in [0.2, 0.25) is 0 Å². The number of ether oxygens (including phenoxy) is 1. The van der Waals surface area contributed by atoms with Crippen LogP contribution >= 0.6 is 0 Å². The lowest BCUT2D eigenvalue weighted by molar-refractivity contribution is -0.131. The van der Waals surface area contributed by atoms with Crippen molar-refractivity contribution in [3.05, 3.63) is 42.0 Å². The maximum Gasteiger partial charge on any atom is 0.308 e. The zero-order chi connectivity index (χ0) is 13.1. The summed E-state index contributed by atoms with van der Waals surface area (Å²) in [5, 5.41) is 2.01. The van der Waals surface area contributed by atoms with Gasteiger partial charge in [0.2, 0.25) is 0 Å². The average Bonchev–Trinajstić information content (AvgIpc) is 2.36. The summed E-state index contributed by atoms with van der Waals surface area (Å²) in [6.45, 7) is 3.24. The molecule has 0 radical (unpaired) electrons. The molecule has 3 nitrogen and oxygen atoms in total. The Bertz CT molecular complexity index is 602. The summed E-state index contributed by atoms with van der Waals surface area (Å²) in [7, 11) is 0. The highest BCUT2D eigenvalue weighted by Gasteiger charge is 2.05. The van der Waals surface area contributed by atoms with Gasteiger partial charge in [-0.05, 0) is 28.5 Å². The Hall–Kier alpha value is -2.16. The zero-order valence-corrected chi connectivity index (χ0v) is 10.3. The minimum Gasteiger partial charge on any atom is -0.427 e. The lowest BCUT2D eigenvalue weighted by Crippen LogP contribution is -2.01. The van der Waals surface area contributed by atoms with Gasteiger partial charge in [0.1, 0.15) is 12.0 Å². The van der Waals surface area contributed by atoms with Gasteiger partial charge < -0.3 is 9.53 Å². The minimum absolute atomic E-state index is 0.109. The summed E-state index contributed by atoms with van der Waals surface area (Å²) in [4.78, 5) is 21.6. The Balaban J connectivity index is 2.41. The predicted octanol–water partition coefficient (Wildman–Crippen LogP) is 3.07. The molecule has 1 unspecified atom stereocenters. The normalized spacial score (nSPS) is 12.1. The van der Waals surface area contributed by atoms with E-state index in [4.69, 9.17) is 4.74 Å².